The average molecular weight is 465 g/mol. The van der Waals surface area contributed by atoms with Crippen molar-refractivity contribution < 1.29 is 13.2 Å². The van der Waals surface area contributed by atoms with Crippen molar-refractivity contribution in [2.24, 2.45) is 5.14 Å². The number of sulfonamides is 1. The van der Waals surface area contributed by atoms with Gasteiger partial charge in [0.05, 0.1) is 22.4 Å². The fourth-order valence-corrected chi connectivity index (χ4v) is 4.34. The molecule has 0 spiro atoms. The van der Waals surface area contributed by atoms with Gasteiger partial charge in [0.1, 0.15) is 0 Å². The summed E-state index contributed by atoms with van der Waals surface area (Å²) in [5, 5.41) is 9.35. The highest BCUT2D eigenvalue weighted by Crippen LogP contribution is 2.26. The van der Waals surface area contributed by atoms with E-state index in [1.807, 2.05) is 42.8 Å². The quantitative estimate of drug-likeness (QED) is 0.521. The molecule has 0 saturated carbocycles. The summed E-state index contributed by atoms with van der Waals surface area (Å²) < 4.78 is 24.6. The number of nitrogens with one attached hydrogen (secondary N) is 1. The molecule has 1 amide bonds. The van der Waals surface area contributed by atoms with Gasteiger partial charge in [0.2, 0.25) is 15.9 Å². The molecule has 0 aliphatic heterocycles. The maximum Gasteiger partial charge on any atom is 0.238 e. The van der Waals surface area contributed by atoms with Crippen LogP contribution in [-0.2, 0) is 14.8 Å². The Morgan fingerprint density at radius 3 is 2.63 bits per heavy atom. The number of hydrogen-bond donors (Lipinski definition) is 2. The van der Waals surface area contributed by atoms with Crippen LogP contribution in [0.3, 0.4) is 0 Å². The molecule has 0 unspecified atom stereocenters. The highest BCUT2D eigenvalue weighted by atomic mass is 35.5. The molecule has 3 rings (SSSR count). The number of halogens is 1. The van der Waals surface area contributed by atoms with Crippen LogP contribution >= 0.6 is 23.4 Å². The number of rotatable bonds is 7. The summed E-state index contributed by atoms with van der Waals surface area (Å²) in [7, 11) is -3.74. The molecule has 0 aliphatic rings. The maximum absolute atomic E-state index is 12.4. The molecule has 1 atom stereocenters. The van der Waals surface area contributed by atoms with Gasteiger partial charge in [-0.25, -0.2) is 18.5 Å². The van der Waals surface area contributed by atoms with Crippen LogP contribution in [0.5, 0.6) is 0 Å². The first-order chi connectivity index (χ1) is 14.2. The van der Waals surface area contributed by atoms with Crippen molar-refractivity contribution >= 4 is 39.3 Å². The summed E-state index contributed by atoms with van der Waals surface area (Å²) >= 11 is 7.53. The Morgan fingerprint density at radius 1 is 1.27 bits per heavy atom. The number of nitrogens with zero attached hydrogens (tertiary/aromatic N) is 2. The van der Waals surface area contributed by atoms with E-state index in [0.29, 0.717) is 10.2 Å². The lowest BCUT2D eigenvalue weighted by Gasteiger charge is -2.15. The molecule has 0 fully saturated rings. The van der Waals surface area contributed by atoms with E-state index in [-0.39, 0.29) is 22.6 Å². The lowest BCUT2D eigenvalue weighted by atomic mass is 10.1. The lowest BCUT2D eigenvalue weighted by molar-refractivity contribution is -0.119. The van der Waals surface area contributed by atoms with Gasteiger partial charge in [-0.05, 0) is 49.2 Å². The van der Waals surface area contributed by atoms with E-state index >= 15 is 0 Å². The highest BCUT2D eigenvalue weighted by Gasteiger charge is 2.15. The number of benzene rings is 2. The van der Waals surface area contributed by atoms with Gasteiger partial charge in [0.25, 0.3) is 0 Å². The predicted molar refractivity (Wildman–Crippen MR) is 118 cm³/mol. The molecule has 0 saturated heterocycles. The van der Waals surface area contributed by atoms with Crippen molar-refractivity contribution in [1.82, 2.24) is 14.9 Å². The number of primary sulfonamides is 1. The Bertz CT molecular complexity index is 1160. The number of aromatic nitrogens is 2. The van der Waals surface area contributed by atoms with Crippen LogP contribution in [0, 0.1) is 6.92 Å². The van der Waals surface area contributed by atoms with Crippen LogP contribution in [0.2, 0.25) is 5.02 Å². The average Bonchev–Trinajstić information content (AvgIpc) is 3.16. The zero-order valence-corrected chi connectivity index (χ0v) is 18.8. The zero-order valence-electron chi connectivity index (χ0n) is 16.4. The largest absolute Gasteiger partial charge is 0.349 e. The highest BCUT2D eigenvalue weighted by molar-refractivity contribution is 7.99. The van der Waals surface area contributed by atoms with E-state index in [2.05, 4.69) is 10.3 Å². The molecule has 158 valence electrons. The number of carbonyl (C=O) groups excluding carboxylic acids is 1. The topological polar surface area (TPSA) is 107 Å². The number of carbonyl (C=O) groups is 1. The SMILES string of the molecule is Cc1c(Cl)cccc1-n1ccnc1SCC(=O)N[C@@H](C)c1ccc(S(N)(=O)=O)cc1. The fourth-order valence-electron chi connectivity index (χ4n) is 2.88. The molecule has 10 heteroatoms. The minimum Gasteiger partial charge on any atom is -0.349 e. The molecular formula is C20H21ClN4O3S2. The first kappa shape index (κ1) is 22.4. The third kappa shape index (κ3) is 5.23. The molecule has 1 heterocycles. The van der Waals surface area contributed by atoms with Crippen LogP contribution in [0.15, 0.2) is 64.9 Å². The van der Waals surface area contributed by atoms with Gasteiger partial charge in [0, 0.05) is 17.4 Å². The molecular weight excluding hydrogens is 444 g/mol. The molecule has 0 bridgehead atoms. The number of amides is 1. The summed E-state index contributed by atoms with van der Waals surface area (Å²) in [6.45, 7) is 3.76. The van der Waals surface area contributed by atoms with Crippen molar-refractivity contribution in [1.29, 1.82) is 0 Å². The second-order valence-corrected chi connectivity index (χ2v) is 9.57. The van der Waals surface area contributed by atoms with E-state index in [1.165, 1.54) is 23.9 Å². The predicted octanol–water partition coefficient (Wildman–Crippen LogP) is 3.45. The Balaban J connectivity index is 1.63. The van der Waals surface area contributed by atoms with Crippen LogP contribution in [0.1, 0.15) is 24.1 Å². The van der Waals surface area contributed by atoms with Crippen LogP contribution in [-0.4, -0.2) is 29.6 Å². The summed E-state index contributed by atoms with van der Waals surface area (Å²) in [4.78, 5) is 16.8. The molecule has 0 radical (unpaired) electrons. The van der Waals surface area contributed by atoms with Crippen LogP contribution < -0.4 is 10.5 Å². The van der Waals surface area contributed by atoms with Crippen LogP contribution in [0.4, 0.5) is 0 Å². The van der Waals surface area contributed by atoms with E-state index in [1.54, 1.807) is 18.3 Å². The standard InChI is InChI=1S/C20H21ClN4O3S2/c1-13-17(21)4-3-5-18(13)25-11-10-23-20(25)29-12-19(26)24-14(2)15-6-8-16(9-7-15)30(22,27)28/h3-11,14H,12H2,1-2H3,(H,24,26)(H2,22,27,28)/t14-/m0/s1. The molecule has 1 aromatic heterocycles. The summed E-state index contributed by atoms with van der Waals surface area (Å²) in [6, 6.07) is 11.5. The van der Waals surface area contributed by atoms with Gasteiger partial charge >= 0.3 is 0 Å². The second kappa shape index (κ2) is 9.22. The molecule has 30 heavy (non-hydrogen) atoms. The fraction of sp³-hybridized carbons (Fsp3) is 0.200. The van der Waals surface area contributed by atoms with Gasteiger partial charge in [-0.1, -0.05) is 41.6 Å². The Morgan fingerprint density at radius 2 is 1.97 bits per heavy atom. The smallest absolute Gasteiger partial charge is 0.238 e. The van der Waals surface area contributed by atoms with Gasteiger partial charge in [-0.15, -0.1) is 0 Å². The Labute approximate surface area is 184 Å². The number of nitrogens with two attached hydrogens (primary N) is 1. The second-order valence-electron chi connectivity index (χ2n) is 6.66. The summed E-state index contributed by atoms with van der Waals surface area (Å²) in [5.41, 5.74) is 2.61. The Kier molecular flexibility index (Phi) is 6.87. The van der Waals surface area contributed by atoms with Crippen molar-refractivity contribution in [2.45, 2.75) is 29.9 Å². The van der Waals surface area contributed by atoms with Crippen molar-refractivity contribution in [2.75, 3.05) is 5.75 Å². The van der Waals surface area contributed by atoms with E-state index in [9.17, 15) is 13.2 Å². The van der Waals surface area contributed by atoms with Gasteiger partial charge in [0.15, 0.2) is 5.16 Å². The molecule has 0 aliphatic carbocycles. The van der Waals surface area contributed by atoms with Crippen molar-refractivity contribution in [3.8, 4) is 5.69 Å². The lowest BCUT2D eigenvalue weighted by Crippen LogP contribution is -2.28. The summed E-state index contributed by atoms with van der Waals surface area (Å²) in [5.74, 6) is 0.0105. The normalized spacial score (nSPS) is 12.5. The van der Waals surface area contributed by atoms with Gasteiger partial charge in [-0.3, -0.25) is 9.36 Å². The third-order valence-electron chi connectivity index (χ3n) is 4.52. The van der Waals surface area contributed by atoms with Crippen LogP contribution in [0.25, 0.3) is 5.69 Å². The summed E-state index contributed by atoms with van der Waals surface area (Å²) in [6.07, 6.45) is 3.50. The van der Waals surface area contributed by atoms with Gasteiger partial charge < -0.3 is 5.32 Å². The monoisotopic (exact) mass is 464 g/mol. The first-order valence-corrected chi connectivity index (χ1v) is 11.9. The molecule has 7 nitrogen and oxygen atoms in total. The maximum atomic E-state index is 12.4. The third-order valence-corrected chi connectivity index (χ3v) is 6.83. The number of imidazole rings is 1. The number of hydrogen-bond acceptors (Lipinski definition) is 5. The molecule has 3 N–H and O–H groups in total. The first-order valence-electron chi connectivity index (χ1n) is 9.00. The van der Waals surface area contributed by atoms with E-state index < -0.39 is 10.0 Å². The van der Waals surface area contributed by atoms with Gasteiger partial charge in [-0.2, -0.15) is 0 Å². The zero-order chi connectivity index (χ0) is 21.9. The minimum absolute atomic E-state index is 0.0310. The van der Waals surface area contributed by atoms with E-state index in [4.69, 9.17) is 16.7 Å². The van der Waals surface area contributed by atoms with Crippen molar-refractivity contribution in [3.05, 3.63) is 71.0 Å². The van der Waals surface area contributed by atoms with Crippen molar-refractivity contribution in [3.63, 3.8) is 0 Å². The molecule has 2 aromatic carbocycles. The van der Waals surface area contributed by atoms with E-state index in [0.717, 1.165) is 16.8 Å². The Hall–Kier alpha value is -2.33. The number of thioether (sulfide) groups is 1. The molecule has 3 aromatic rings. The minimum atomic E-state index is -3.74.